The van der Waals surface area contributed by atoms with Gasteiger partial charge in [-0.05, 0) is 76.5 Å². The Kier molecular flexibility index (Phi) is 7.79. The zero-order chi connectivity index (χ0) is 28.3. The highest BCUT2D eigenvalue weighted by Gasteiger charge is 2.23. The normalized spacial score (nSPS) is 14.2. The number of fused-ring (bicyclic) bond motifs is 2. The number of carbonyl (C=O) groups is 1. The third-order valence-electron chi connectivity index (χ3n) is 6.86. The van der Waals surface area contributed by atoms with Gasteiger partial charge >= 0.3 is 0 Å². The molecule has 0 unspecified atom stereocenters. The van der Waals surface area contributed by atoms with Crippen molar-refractivity contribution in [3.8, 4) is 11.3 Å². The van der Waals surface area contributed by atoms with Gasteiger partial charge in [-0.1, -0.05) is 24.3 Å². The average Bonchev–Trinajstić information content (AvgIpc) is 3.52. The highest BCUT2D eigenvalue weighted by molar-refractivity contribution is 6.00. The van der Waals surface area contributed by atoms with Crippen LogP contribution in [0.3, 0.4) is 0 Å². The van der Waals surface area contributed by atoms with Crippen molar-refractivity contribution in [2.45, 2.75) is 51.7 Å². The van der Waals surface area contributed by atoms with Gasteiger partial charge < -0.3 is 20.8 Å². The maximum absolute atomic E-state index is 14.1. The molecule has 0 amide bonds. The minimum Gasteiger partial charge on any atom is -0.462 e. The van der Waals surface area contributed by atoms with Gasteiger partial charge in [0.1, 0.15) is 29.3 Å². The van der Waals surface area contributed by atoms with Crippen molar-refractivity contribution in [2.75, 3.05) is 18.8 Å². The maximum Gasteiger partial charge on any atom is 0.293 e. The van der Waals surface area contributed by atoms with Crippen LogP contribution in [0.2, 0.25) is 0 Å². The topological polar surface area (TPSA) is 124 Å². The van der Waals surface area contributed by atoms with Crippen LogP contribution in [0.25, 0.3) is 33.2 Å². The molecule has 40 heavy (non-hydrogen) atoms. The molecule has 0 aliphatic carbocycles. The average molecular weight is 544 g/mol. The number of H-pyrrole nitrogens is 1. The van der Waals surface area contributed by atoms with E-state index in [0.717, 1.165) is 64.8 Å². The molecule has 3 aromatic heterocycles. The molecule has 208 valence electrons. The van der Waals surface area contributed by atoms with Crippen LogP contribution >= 0.6 is 0 Å². The summed E-state index contributed by atoms with van der Waals surface area (Å²) in [7, 11) is 0. The number of nitrogens with two attached hydrogens (primary N) is 1. The molecule has 0 saturated carbocycles. The summed E-state index contributed by atoms with van der Waals surface area (Å²) in [6.07, 6.45) is 4.00. The van der Waals surface area contributed by atoms with Crippen molar-refractivity contribution < 1.29 is 13.9 Å². The Morgan fingerprint density at radius 1 is 1.12 bits per heavy atom. The van der Waals surface area contributed by atoms with E-state index in [1.807, 2.05) is 49.7 Å². The molecule has 1 fully saturated rings. The molecule has 1 aliphatic rings. The predicted octanol–water partition coefficient (Wildman–Crippen LogP) is 5.17. The van der Waals surface area contributed by atoms with Gasteiger partial charge in [0.25, 0.3) is 6.47 Å². The lowest BCUT2D eigenvalue weighted by molar-refractivity contribution is -0.138. The highest BCUT2D eigenvalue weighted by atomic mass is 19.1. The highest BCUT2D eigenvalue weighted by Crippen LogP contribution is 2.34. The van der Waals surface area contributed by atoms with E-state index >= 15 is 0 Å². The van der Waals surface area contributed by atoms with Gasteiger partial charge in [0.2, 0.25) is 0 Å². The Hall–Kier alpha value is -4.31. The van der Waals surface area contributed by atoms with Crippen LogP contribution in [-0.4, -0.2) is 49.9 Å². The SMILES string of the molecule is CC(C)(C)OC=O.Nc1ncnc2c1c(-c1ccc3[nH]c(Cc4ccccc4F)cc3c1)nn2C1CCNCC1. The number of hydrogen-bond donors (Lipinski definition) is 3. The molecule has 10 heteroatoms. The van der Waals surface area contributed by atoms with Crippen molar-refractivity contribution in [1.29, 1.82) is 0 Å². The summed E-state index contributed by atoms with van der Waals surface area (Å²) in [5, 5.41) is 10.2. The number of aromatic amines is 1. The Morgan fingerprint density at radius 2 is 1.90 bits per heavy atom. The van der Waals surface area contributed by atoms with Crippen LogP contribution in [-0.2, 0) is 16.0 Å². The van der Waals surface area contributed by atoms with Gasteiger partial charge in [0.05, 0.1) is 11.4 Å². The molecule has 1 saturated heterocycles. The number of nitrogens with one attached hydrogen (secondary N) is 2. The number of hydrogen-bond acceptors (Lipinski definition) is 7. The van der Waals surface area contributed by atoms with Gasteiger partial charge in [0.15, 0.2) is 5.65 Å². The van der Waals surface area contributed by atoms with Crippen molar-refractivity contribution >= 4 is 34.2 Å². The van der Waals surface area contributed by atoms with Gasteiger partial charge in [-0.25, -0.2) is 19.0 Å². The fraction of sp³-hybridized carbons (Fsp3) is 0.333. The lowest BCUT2D eigenvalue weighted by Gasteiger charge is -2.23. The Balaban J connectivity index is 0.000000411. The predicted molar refractivity (Wildman–Crippen MR) is 154 cm³/mol. The fourth-order valence-corrected chi connectivity index (χ4v) is 4.93. The number of nitrogen functional groups attached to an aromatic ring is 1. The van der Waals surface area contributed by atoms with Crippen LogP contribution in [0.5, 0.6) is 0 Å². The maximum atomic E-state index is 14.1. The first-order chi connectivity index (χ1) is 19.2. The molecule has 1 aliphatic heterocycles. The summed E-state index contributed by atoms with van der Waals surface area (Å²) < 4.78 is 20.7. The fourth-order valence-electron chi connectivity index (χ4n) is 4.93. The summed E-state index contributed by atoms with van der Waals surface area (Å²) in [5.74, 6) is 0.242. The third kappa shape index (κ3) is 5.96. The van der Waals surface area contributed by atoms with E-state index in [2.05, 4.69) is 37.1 Å². The van der Waals surface area contributed by atoms with Crippen molar-refractivity contribution in [2.24, 2.45) is 0 Å². The van der Waals surface area contributed by atoms with E-state index in [9.17, 15) is 9.18 Å². The number of ether oxygens (including phenoxy) is 1. The number of halogens is 1. The van der Waals surface area contributed by atoms with Crippen molar-refractivity contribution in [3.63, 3.8) is 0 Å². The molecular weight excluding hydrogens is 509 g/mol. The summed E-state index contributed by atoms with van der Waals surface area (Å²) in [5.41, 5.74) is 11.1. The van der Waals surface area contributed by atoms with Crippen molar-refractivity contribution in [3.05, 3.63) is 71.9 Å². The largest absolute Gasteiger partial charge is 0.462 e. The standard InChI is InChI=1S/C25H24FN7.C5H10O2/c26-20-4-2-1-3-15(20)12-18-13-17-11-16(5-6-21(17)31-18)23-22-24(27)29-14-30-25(22)33(32-23)19-7-9-28-10-8-19;1-5(2,3)7-4-6/h1-6,11,13-14,19,28,31H,7-10,12H2,(H2,27,29,30);4H,1-3H3. The first-order valence-corrected chi connectivity index (χ1v) is 13.4. The molecule has 0 radical (unpaired) electrons. The lowest BCUT2D eigenvalue weighted by atomic mass is 10.1. The zero-order valence-corrected chi connectivity index (χ0v) is 22.9. The molecule has 0 spiro atoms. The van der Waals surface area contributed by atoms with Crippen LogP contribution in [0.4, 0.5) is 10.2 Å². The lowest BCUT2D eigenvalue weighted by Crippen LogP contribution is -2.30. The number of anilines is 1. The number of aromatic nitrogens is 5. The van der Waals surface area contributed by atoms with Gasteiger partial charge in [-0.15, -0.1) is 0 Å². The van der Waals surface area contributed by atoms with Crippen LogP contribution in [0.1, 0.15) is 50.9 Å². The van der Waals surface area contributed by atoms with Crippen LogP contribution < -0.4 is 11.1 Å². The molecule has 9 nitrogen and oxygen atoms in total. The van der Waals surface area contributed by atoms with E-state index in [-0.39, 0.29) is 17.5 Å². The van der Waals surface area contributed by atoms with Crippen LogP contribution in [0.15, 0.2) is 54.9 Å². The quantitative estimate of drug-likeness (QED) is 0.261. The van der Waals surface area contributed by atoms with Gasteiger partial charge in [0, 0.05) is 28.6 Å². The summed E-state index contributed by atoms with van der Waals surface area (Å²) in [6, 6.07) is 15.4. The Labute approximate surface area is 232 Å². The second kappa shape index (κ2) is 11.4. The number of piperidine rings is 1. The molecule has 4 heterocycles. The third-order valence-corrected chi connectivity index (χ3v) is 6.86. The Bertz CT molecular complexity index is 1630. The minimum absolute atomic E-state index is 0.192. The van der Waals surface area contributed by atoms with Crippen LogP contribution in [0, 0.1) is 5.82 Å². The molecule has 0 bridgehead atoms. The van der Waals surface area contributed by atoms with E-state index in [1.165, 1.54) is 12.4 Å². The smallest absolute Gasteiger partial charge is 0.293 e. The number of benzene rings is 2. The number of rotatable bonds is 5. The van der Waals surface area contributed by atoms with E-state index in [0.29, 0.717) is 24.3 Å². The second-order valence-electron chi connectivity index (χ2n) is 10.9. The number of nitrogens with zero attached hydrogens (tertiary/aromatic N) is 4. The summed E-state index contributed by atoms with van der Waals surface area (Å²) in [4.78, 5) is 21.8. The molecular formula is C30H34FN7O2. The first kappa shape index (κ1) is 27.3. The summed E-state index contributed by atoms with van der Waals surface area (Å²) >= 11 is 0. The first-order valence-electron chi connectivity index (χ1n) is 13.4. The molecule has 2 aromatic carbocycles. The molecule has 0 atom stereocenters. The second-order valence-corrected chi connectivity index (χ2v) is 10.9. The number of carbonyl (C=O) groups excluding carboxylic acids is 1. The monoisotopic (exact) mass is 543 g/mol. The summed E-state index contributed by atoms with van der Waals surface area (Å²) in [6.45, 7) is 7.84. The van der Waals surface area contributed by atoms with Gasteiger partial charge in [-0.3, -0.25) is 4.79 Å². The van der Waals surface area contributed by atoms with E-state index < -0.39 is 0 Å². The molecule has 6 rings (SSSR count). The molecule has 4 N–H and O–H groups in total. The van der Waals surface area contributed by atoms with Crippen molar-refractivity contribution in [1.82, 2.24) is 30.0 Å². The van der Waals surface area contributed by atoms with Gasteiger partial charge in [-0.2, -0.15) is 5.10 Å². The Morgan fingerprint density at radius 3 is 2.60 bits per heavy atom. The molecule has 5 aromatic rings. The van der Waals surface area contributed by atoms with E-state index in [1.54, 1.807) is 6.07 Å². The zero-order valence-electron chi connectivity index (χ0n) is 22.9. The minimum atomic E-state index is -0.318. The van der Waals surface area contributed by atoms with E-state index in [4.69, 9.17) is 10.8 Å².